The fourth-order valence-electron chi connectivity index (χ4n) is 5.70. The van der Waals surface area contributed by atoms with E-state index < -0.39 is 0 Å². The summed E-state index contributed by atoms with van der Waals surface area (Å²) in [5.41, 5.74) is 5.25. The van der Waals surface area contributed by atoms with Crippen LogP contribution in [0.25, 0.3) is 0 Å². The molecule has 2 fully saturated rings. The lowest BCUT2D eigenvalue weighted by Gasteiger charge is -2.36. The Kier molecular flexibility index (Phi) is 6.33. The predicted molar refractivity (Wildman–Crippen MR) is 130 cm³/mol. The van der Waals surface area contributed by atoms with E-state index in [0.29, 0.717) is 5.92 Å². The van der Waals surface area contributed by atoms with Crippen molar-refractivity contribution < 1.29 is 5.11 Å². The third-order valence-corrected chi connectivity index (χ3v) is 7.55. The van der Waals surface area contributed by atoms with E-state index in [1.165, 1.54) is 41.8 Å². The van der Waals surface area contributed by atoms with Crippen LogP contribution in [-0.2, 0) is 13.0 Å². The maximum Gasteiger partial charge on any atom is 0.135 e. The number of para-hydroxylation sites is 1. The van der Waals surface area contributed by atoms with E-state index in [1.54, 1.807) is 0 Å². The van der Waals surface area contributed by atoms with Crippen molar-refractivity contribution in [1.82, 2.24) is 14.9 Å². The van der Waals surface area contributed by atoms with Crippen LogP contribution in [0.1, 0.15) is 60.7 Å². The molecule has 5 rings (SSSR count). The number of aromatic nitrogens is 2. The Morgan fingerprint density at radius 2 is 1.81 bits per heavy atom. The summed E-state index contributed by atoms with van der Waals surface area (Å²) in [6, 6.07) is 8.83. The van der Waals surface area contributed by atoms with Crippen LogP contribution < -0.4 is 9.80 Å². The first-order valence-electron chi connectivity index (χ1n) is 12.4. The molecule has 1 N–H and O–H groups in total. The van der Waals surface area contributed by atoms with Crippen LogP contribution in [0, 0.1) is 6.92 Å². The first kappa shape index (κ1) is 21.7. The topological polar surface area (TPSA) is 55.7 Å². The number of likely N-dealkylation sites (tertiary alicyclic amines) is 1. The van der Waals surface area contributed by atoms with Gasteiger partial charge in [0.05, 0.1) is 6.10 Å². The fraction of sp³-hybridized carbons (Fsp3) is 0.615. The molecule has 1 atom stereocenters. The van der Waals surface area contributed by atoms with Crippen LogP contribution in [0.4, 0.5) is 11.5 Å². The molecule has 0 bridgehead atoms. The molecule has 172 valence electrons. The Balaban J connectivity index is 1.32. The monoisotopic (exact) mass is 435 g/mol. The van der Waals surface area contributed by atoms with Crippen LogP contribution in [0.2, 0.25) is 0 Å². The van der Waals surface area contributed by atoms with Gasteiger partial charge in [0, 0.05) is 62.6 Å². The highest BCUT2D eigenvalue weighted by Gasteiger charge is 2.28. The van der Waals surface area contributed by atoms with E-state index in [4.69, 9.17) is 9.97 Å². The van der Waals surface area contributed by atoms with E-state index >= 15 is 0 Å². The Morgan fingerprint density at radius 1 is 1.00 bits per heavy atom. The summed E-state index contributed by atoms with van der Waals surface area (Å²) < 4.78 is 0. The van der Waals surface area contributed by atoms with Crippen molar-refractivity contribution in [2.24, 2.45) is 0 Å². The number of aliphatic hydroxyl groups is 1. The molecule has 0 unspecified atom stereocenters. The van der Waals surface area contributed by atoms with Gasteiger partial charge < -0.3 is 14.9 Å². The highest BCUT2D eigenvalue weighted by Crippen LogP contribution is 2.32. The van der Waals surface area contributed by atoms with Gasteiger partial charge >= 0.3 is 0 Å². The highest BCUT2D eigenvalue weighted by molar-refractivity contribution is 5.54. The molecule has 2 aromatic rings. The van der Waals surface area contributed by atoms with Crippen LogP contribution in [-0.4, -0.2) is 65.8 Å². The Hall–Kier alpha value is -2.18. The average molecular weight is 436 g/mol. The fourth-order valence-corrected chi connectivity index (χ4v) is 5.70. The van der Waals surface area contributed by atoms with Crippen molar-refractivity contribution in [3.63, 3.8) is 0 Å². The second kappa shape index (κ2) is 9.36. The zero-order valence-corrected chi connectivity index (χ0v) is 19.6. The van der Waals surface area contributed by atoms with Crippen molar-refractivity contribution in [3.05, 3.63) is 46.9 Å². The number of anilines is 2. The minimum atomic E-state index is -0.139. The van der Waals surface area contributed by atoms with Gasteiger partial charge in [0.1, 0.15) is 11.6 Å². The zero-order valence-electron chi connectivity index (χ0n) is 19.6. The van der Waals surface area contributed by atoms with Crippen molar-refractivity contribution in [3.8, 4) is 0 Å². The number of hydrogen-bond acceptors (Lipinski definition) is 6. The number of rotatable bonds is 4. The van der Waals surface area contributed by atoms with Gasteiger partial charge in [0.25, 0.3) is 0 Å². The molecule has 0 amide bonds. The Morgan fingerprint density at radius 3 is 2.66 bits per heavy atom. The van der Waals surface area contributed by atoms with Gasteiger partial charge in [0.2, 0.25) is 0 Å². The van der Waals surface area contributed by atoms with Crippen LogP contribution in [0.3, 0.4) is 0 Å². The van der Waals surface area contributed by atoms with Crippen molar-refractivity contribution in [2.75, 3.05) is 49.6 Å². The number of benzene rings is 1. The normalized spacial score (nSPS) is 22.8. The number of fused-ring (bicyclic) bond motifs is 1. The smallest absolute Gasteiger partial charge is 0.135 e. The molecular weight excluding hydrogens is 398 g/mol. The molecule has 6 heteroatoms. The minimum Gasteiger partial charge on any atom is -0.393 e. The maximum atomic E-state index is 9.90. The molecule has 3 aliphatic rings. The minimum absolute atomic E-state index is 0.139. The van der Waals surface area contributed by atoms with Crippen molar-refractivity contribution in [2.45, 2.75) is 64.0 Å². The third-order valence-electron chi connectivity index (χ3n) is 7.55. The van der Waals surface area contributed by atoms with E-state index in [-0.39, 0.29) is 6.10 Å². The molecule has 6 nitrogen and oxygen atoms in total. The van der Waals surface area contributed by atoms with E-state index in [9.17, 15) is 5.11 Å². The van der Waals surface area contributed by atoms with Crippen LogP contribution in [0.5, 0.6) is 0 Å². The van der Waals surface area contributed by atoms with Gasteiger partial charge in [-0.2, -0.15) is 0 Å². The Bertz CT molecular complexity index is 940. The molecule has 1 aromatic heterocycles. The van der Waals surface area contributed by atoms with Gasteiger partial charge in [-0.15, -0.1) is 0 Å². The summed E-state index contributed by atoms with van der Waals surface area (Å²) in [4.78, 5) is 17.4. The summed E-state index contributed by atoms with van der Waals surface area (Å²) >= 11 is 0. The molecule has 3 aliphatic heterocycles. The molecular formula is C26H37N5O. The summed E-state index contributed by atoms with van der Waals surface area (Å²) in [6.07, 6.45) is 6.25. The lowest BCUT2D eigenvalue weighted by molar-refractivity contribution is 0.145. The lowest BCUT2D eigenvalue weighted by Crippen LogP contribution is -2.38. The number of aryl methyl sites for hydroxylation is 1. The molecule has 0 spiro atoms. The van der Waals surface area contributed by atoms with Crippen LogP contribution >= 0.6 is 0 Å². The van der Waals surface area contributed by atoms with Gasteiger partial charge in [-0.05, 0) is 63.6 Å². The number of aliphatic hydroxyl groups excluding tert-OH is 1. The van der Waals surface area contributed by atoms with E-state index in [1.807, 2.05) is 0 Å². The van der Waals surface area contributed by atoms with Crippen molar-refractivity contribution in [1.29, 1.82) is 0 Å². The van der Waals surface area contributed by atoms with Crippen LogP contribution in [0.15, 0.2) is 24.3 Å². The highest BCUT2D eigenvalue weighted by atomic mass is 16.3. The predicted octanol–water partition coefficient (Wildman–Crippen LogP) is 3.51. The summed E-state index contributed by atoms with van der Waals surface area (Å²) in [6.45, 7) is 8.25. The second-order valence-corrected chi connectivity index (χ2v) is 9.92. The van der Waals surface area contributed by atoms with Crippen molar-refractivity contribution >= 4 is 11.5 Å². The molecule has 0 aliphatic carbocycles. The molecule has 0 saturated carbocycles. The zero-order chi connectivity index (χ0) is 22.1. The average Bonchev–Trinajstić information content (AvgIpc) is 2.81. The number of piperidine rings is 2. The summed E-state index contributed by atoms with van der Waals surface area (Å²) in [5, 5.41) is 9.90. The molecule has 4 heterocycles. The lowest BCUT2D eigenvalue weighted by atomic mass is 9.95. The molecule has 0 radical (unpaired) electrons. The molecule has 2 saturated heterocycles. The number of hydrogen-bond donors (Lipinski definition) is 1. The first-order chi connectivity index (χ1) is 15.6. The standard InChI is InChI=1S/C26H37N5O/c1-19-23-9-6-13-29(2)26(23)28-25(27-19)21-8-5-14-30(18-21)17-20-7-3-4-10-24(20)31-15-11-22(32)12-16-31/h3-4,7,10,21-22,32H,5-6,8-9,11-18H2,1-2H3/t21-/m0/s1. The Labute approximate surface area is 192 Å². The molecule has 1 aromatic carbocycles. The summed E-state index contributed by atoms with van der Waals surface area (Å²) in [7, 11) is 2.16. The number of nitrogens with zero attached hydrogens (tertiary/aromatic N) is 5. The van der Waals surface area contributed by atoms with Gasteiger partial charge in [-0.1, -0.05) is 18.2 Å². The van der Waals surface area contributed by atoms with E-state index in [0.717, 1.165) is 70.2 Å². The first-order valence-corrected chi connectivity index (χ1v) is 12.4. The van der Waals surface area contributed by atoms with Gasteiger partial charge in [-0.3, -0.25) is 4.90 Å². The largest absolute Gasteiger partial charge is 0.393 e. The van der Waals surface area contributed by atoms with Gasteiger partial charge in [0.15, 0.2) is 0 Å². The summed E-state index contributed by atoms with van der Waals surface area (Å²) in [5.74, 6) is 2.60. The SMILES string of the molecule is Cc1nc([C@H]2CCCN(Cc3ccccc3N3CCC(O)CC3)C2)nc2c1CCCN2C. The van der Waals surface area contributed by atoms with E-state index in [2.05, 4.69) is 52.9 Å². The quantitative estimate of drug-likeness (QED) is 0.793. The third kappa shape index (κ3) is 4.48. The van der Waals surface area contributed by atoms with Gasteiger partial charge in [-0.25, -0.2) is 9.97 Å². The molecule has 32 heavy (non-hydrogen) atoms. The maximum absolute atomic E-state index is 9.90. The second-order valence-electron chi connectivity index (χ2n) is 9.92.